The van der Waals surface area contributed by atoms with Gasteiger partial charge in [0.05, 0.1) is 12.5 Å². The number of amides is 1. The molecule has 4 heteroatoms. The predicted octanol–water partition coefficient (Wildman–Crippen LogP) is 2.97. The van der Waals surface area contributed by atoms with E-state index in [-0.39, 0.29) is 18.4 Å². The molecule has 1 unspecified atom stereocenters. The van der Waals surface area contributed by atoms with Crippen molar-refractivity contribution in [2.45, 2.75) is 17.4 Å². The Labute approximate surface area is 122 Å². The Bertz CT molecular complexity index is 642. The monoisotopic (exact) mass is 284 g/mol. The Morgan fingerprint density at radius 2 is 1.95 bits per heavy atom. The number of thioether (sulfide) groups is 1. The van der Waals surface area contributed by atoms with Gasteiger partial charge in [0.2, 0.25) is 5.91 Å². The van der Waals surface area contributed by atoms with Crippen LogP contribution in [0.4, 0.5) is 5.69 Å². The minimum atomic E-state index is -0.305. The Morgan fingerprint density at radius 3 is 2.80 bits per heavy atom. The van der Waals surface area contributed by atoms with Crippen LogP contribution in [-0.2, 0) is 11.2 Å². The number of hydrogen-bond donors (Lipinski definition) is 2. The molecule has 2 aromatic rings. The van der Waals surface area contributed by atoms with Gasteiger partial charge in [-0.25, -0.2) is 0 Å². The molecule has 1 amide bonds. The van der Waals surface area contributed by atoms with E-state index in [2.05, 4.69) is 29.6 Å². The van der Waals surface area contributed by atoms with Gasteiger partial charge in [-0.3, -0.25) is 4.79 Å². The third-order valence-electron chi connectivity index (χ3n) is 3.41. The summed E-state index contributed by atoms with van der Waals surface area (Å²) in [6, 6.07) is 16.6. The van der Waals surface area contributed by atoms with Gasteiger partial charge in [0.1, 0.15) is 0 Å². The first-order chi connectivity index (χ1) is 9.74. The number of carbonyl (C=O) groups excluding carboxylic acids is 1. The maximum absolute atomic E-state index is 11.1. The quantitative estimate of drug-likeness (QED) is 0.907. The summed E-state index contributed by atoms with van der Waals surface area (Å²) in [5, 5.41) is 3.54. The number of hydrogen-bond acceptors (Lipinski definition) is 3. The molecular formula is C16H16N2OS. The van der Waals surface area contributed by atoms with E-state index in [4.69, 9.17) is 5.73 Å². The number of rotatable bonds is 4. The van der Waals surface area contributed by atoms with Gasteiger partial charge in [0.15, 0.2) is 0 Å². The normalized spacial score (nSPS) is 16.7. The average molecular weight is 284 g/mol. The summed E-state index contributed by atoms with van der Waals surface area (Å²) in [4.78, 5) is 12.5. The van der Waals surface area contributed by atoms with Crippen LogP contribution in [0.1, 0.15) is 17.2 Å². The minimum Gasteiger partial charge on any atom is -0.377 e. The van der Waals surface area contributed by atoms with Gasteiger partial charge in [-0.15, -0.1) is 11.8 Å². The SMILES string of the molecule is NC(=O)Cc1ccccc1NC1CSc2ccccc21. The van der Waals surface area contributed by atoms with Crippen molar-refractivity contribution in [2.24, 2.45) is 5.73 Å². The summed E-state index contributed by atoms with van der Waals surface area (Å²) in [6.07, 6.45) is 0.269. The standard InChI is InChI=1S/C16H16N2OS/c17-16(19)9-11-5-1-3-7-13(11)18-14-10-20-15-8-4-2-6-12(14)15/h1-8,14,18H,9-10H2,(H2,17,19). The highest BCUT2D eigenvalue weighted by atomic mass is 32.2. The van der Waals surface area contributed by atoms with Gasteiger partial charge >= 0.3 is 0 Å². The lowest BCUT2D eigenvalue weighted by Gasteiger charge is -2.17. The summed E-state index contributed by atoms with van der Waals surface area (Å²) in [5.74, 6) is 0.699. The largest absolute Gasteiger partial charge is 0.377 e. The second kappa shape index (κ2) is 5.59. The van der Waals surface area contributed by atoms with Crippen molar-refractivity contribution in [1.82, 2.24) is 0 Å². The molecule has 3 N–H and O–H groups in total. The number of para-hydroxylation sites is 1. The Kier molecular flexibility index (Phi) is 3.65. The Balaban J connectivity index is 1.84. The van der Waals surface area contributed by atoms with Crippen LogP contribution in [0.3, 0.4) is 0 Å². The van der Waals surface area contributed by atoms with Gasteiger partial charge in [-0.05, 0) is 23.3 Å². The maximum atomic E-state index is 11.1. The molecule has 0 aliphatic carbocycles. The first-order valence-corrected chi connectivity index (χ1v) is 7.57. The van der Waals surface area contributed by atoms with Crippen molar-refractivity contribution >= 4 is 23.4 Å². The summed E-state index contributed by atoms with van der Waals surface area (Å²) < 4.78 is 0. The van der Waals surface area contributed by atoms with Crippen LogP contribution in [-0.4, -0.2) is 11.7 Å². The first kappa shape index (κ1) is 13.1. The van der Waals surface area contributed by atoms with E-state index in [0.717, 1.165) is 17.0 Å². The zero-order valence-electron chi connectivity index (χ0n) is 11.0. The lowest BCUT2D eigenvalue weighted by molar-refractivity contribution is -0.117. The van der Waals surface area contributed by atoms with Gasteiger partial charge < -0.3 is 11.1 Å². The smallest absolute Gasteiger partial charge is 0.221 e. The van der Waals surface area contributed by atoms with Crippen LogP contribution in [0.15, 0.2) is 53.4 Å². The first-order valence-electron chi connectivity index (χ1n) is 6.58. The number of benzene rings is 2. The average Bonchev–Trinajstić information content (AvgIpc) is 2.84. The lowest BCUT2D eigenvalue weighted by Crippen LogP contribution is -2.16. The van der Waals surface area contributed by atoms with Crippen LogP contribution < -0.4 is 11.1 Å². The molecule has 1 aliphatic heterocycles. The van der Waals surface area contributed by atoms with Gasteiger partial charge in [0, 0.05) is 16.3 Å². The number of anilines is 1. The summed E-state index contributed by atoms with van der Waals surface area (Å²) in [5.41, 5.74) is 8.58. The molecule has 2 aromatic carbocycles. The highest BCUT2D eigenvalue weighted by molar-refractivity contribution is 7.99. The van der Waals surface area contributed by atoms with Gasteiger partial charge in [-0.2, -0.15) is 0 Å². The van der Waals surface area contributed by atoms with Crippen LogP contribution in [0.25, 0.3) is 0 Å². The third-order valence-corrected chi connectivity index (χ3v) is 4.59. The van der Waals surface area contributed by atoms with E-state index in [9.17, 15) is 4.79 Å². The topological polar surface area (TPSA) is 55.1 Å². The second-order valence-corrected chi connectivity index (χ2v) is 5.91. The molecule has 1 heterocycles. The van der Waals surface area contributed by atoms with Crippen LogP contribution in [0, 0.1) is 0 Å². The minimum absolute atomic E-state index is 0.269. The number of fused-ring (bicyclic) bond motifs is 1. The van der Waals surface area contributed by atoms with E-state index >= 15 is 0 Å². The van der Waals surface area contributed by atoms with Crippen LogP contribution >= 0.6 is 11.8 Å². The third kappa shape index (κ3) is 2.65. The molecule has 0 spiro atoms. The van der Waals surface area contributed by atoms with Gasteiger partial charge in [0.25, 0.3) is 0 Å². The molecule has 0 aromatic heterocycles. The summed E-state index contributed by atoms with van der Waals surface area (Å²) in [6.45, 7) is 0. The second-order valence-electron chi connectivity index (χ2n) is 4.85. The highest BCUT2D eigenvalue weighted by Gasteiger charge is 2.23. The molecule has 0 fully saturated rings. The molecule has 1 aliphatic rings. The zero-order chi connectivity index (χ0) is 13.9. The van der Waals surface area contributed by atoms with Crippen molar-refractivity contribution < 1.29 is 4.79 Å². The molecule has 0 saturated carbocycles. The van der Waals surface area contributed by atoms with E-state index in [1.165, 1.54) is 10.5 Å². The predicted molar refractivity (Wildman–Crippen MR) is 82.9 cm³/mol. The fourth-order valence-corrected chi connectivity index (χ4v) is 3.63. The molecule has 1 atom stereocenters. The molecule has 102 valence electrons. The Hall–Kier alpha value is -1.94. The fraction of sp³-hybridized carbons (Fsp3) is 0.188. The molecule has 20 heavy (non-hydrogen) atoms. The van der Waals surface area contributed by atoms with Crippen molar-refractivity contribution in [3.05, 3.63) is 59.7 Å². The molecule has 0 bridgehead atoms. The van der Waals surface area contributed by atoms with Crippen molar-refractivity contribution in [3.8, 4) is 0 Å². The summed E-state index contributed by atoms with van der Waals surface area (Å²) in [7, 11) is 0. The maximum Gasteiger partial charge on any atom is 0.221 e. The summed E-state index contributed by atoms with van der Waals surface area (Å²) >= 11 is 1.86. The molecule has 0 radical (unpaired) electrons. The van der Waals surface area contributed by atoms with Crippen LogP contribution in [0.5, 0.6) is 0 Å². The number of nitrogens with one attached hydrogen (secondary N) is 1. The van der Waals surface area contributed by atoms with E-state index in [0.29, 0.717) is 0 Å². The van der Waals surface area contributed by atoms with Crippen molar-refractivity contribution in [3.63, 3.8) is 0 Å². The molecule has 3 nitrogen and oxygen atoms in total. The molecular weight excluding hydrogens is 268 g/mol. The van der Waals surface area contributed by atoms with Gasteiger partial charge in [-0.1, -0.05) is 36.4 Å². The van der Waals surface area contributed by atoms with Crippen LogP contribution in [0.2, 0.25) is 0 Å². The molecule has 0 saturated heterocycles. The zero-order valence-corrected chi connectivity index (χ0v) is 11.8. The van der Waals surface area contributed by atoms with Crippen molar-refractivity contribution in [1.29, 1.82) is 0 Å². The lowest BCUT2D eigenvalue weighted by atomic mass is 10.1. The Morgan fingerprint density at radius 1 is 1.20 bits per heavy atom. The number of carbonyl (C=O) groups is 1. The number of primary amides is 1. The highest BCUT2D eigenvalue weighted by Crippen LogP contribution is 2.39. The fourth-order valence-electron chi connectivity index (χ4n) is 2.47. The molecule has 3 rings (SSSR count). The van der Waals surface area contributed by atoms with E-state index in [1.807, 2.05) is 36.0 Å². The number of nitrogens with two attached hydrogens (primary N) is 1. The van der Waals surface area contributed by atoms with E-state index in [1.54, 1.807) is 0 Å². The van der Waals surface area contributed by atoms with Crippen molar-refractivity contribution in [2.75, 3.05) is 11.1 Å². The van der Waals surface area contributed by atoms with E-state index < -0.39 is 0 Å².